The van der Waals surface area contributed by atoms with E-state index < -0.39 is 15.3 Å². The quantitative estimate of drug-likeness (QED) is 0.767. The molecule has 160 valence electrons. The van der Waals surface area contributed by atoms with Gasteiger partial charge in [-0.1, -0.05) is 20.8 Å². The highest BCUT2D eigenvalue weighted by Crippen LogP contribution is 2.31. The van der Waals surface area contributed by atoms with Crippen molar-refractivity contribution in [1.29, 1.82) is 0 Å². The molecule has 0 saturated carbocycles. The topological polar surface area (TPSA) is 105 Å². The van der Waals surface area contributed by atoms with Gasteiger partial charge in [-0.2, -0.15) is 9.61 Å². The van der Waals surface area contributed by atoms with Crippen LogP contribution in [0.15, 0.2) is 12.1 Å². The fourth-order valence-corrected chi connectivity index (χ4v) is 6.61. The van der Waals surface area contributed by atoms with Crippen LogP contribution in [0.2, 0.25) is 0 Å². The normalized spacial score (nSPS) is 27.7. The van der Waals surface area contributed by atoms with Gasteiger partial charge < -0.3 is 0 Å². The second-order valence-corrected chi connectivity index (χ2v) is 11.4. The number of nitrogens with zero attached hydrogens (tertiary/aromatic N) is 5. The first-order valence-electron chi connectivity index (χ1n) is 10.3. The van der Waals surface area contributed by atoms with Gasteiger partial charge >= 0.3 is 0 Å². The molecule has 29 heavy (non-hydrogen) atoms. The number of rotatable bonds is 3. The lowest BCUT2D eigenvalue weighted by molar-refractivity contribution is 0.306. The lowest BCUT2D eigenvalue weighted by Gasteiger charge is -2.33. The van der Waals surface area contributed by atoms with Crippen LogP contribution in [-0.2, 0) is 15.4 Å². The van der Waals surface area contributed by atoms with E-state index in [4.69, 9.17) is 5.10 Å². The van der Waals surface area contributed by atoms with Crippen molar-refractivity contribution in [1.82, 2.24) is 35.0 Å². The number of piperidine rings is 1. The highest BCUT2D eigenvalue weighted by Gasteiger charge is 2.44. The van der Waals surface area contributed by atoms with Gasteiger partial charge in [-0.05, 0) is 38.8 Å². The van der Waals surface area contributed by atoms with Gasteiger partial charge in [0.15, 0.2) is 11.5 Å². The van der Waals surface area contributed by atoms with E-state index >= 15 is 0 Å². The Morgan fingerprint density at radius 2 is 1.66 bits per heavy atom. The zero-order chi connectivity index (χ0) is 21.0. The van der Waals surface area contributed by atoms with Crippen LogP contribution in [0.1, 0.15) is 64.9 Å². The Morgan fingerprint density at radius 3 is 2.24 bits per heavy atom. The highest BCUT2D eigenvalue weighted by molar-refractivity contribution is 7.89. The second kappa shape index (κ2) is 7.26. The van der Waals surface area contributed by atoms with Crippen LogP contribution in [-0.4, -0.2) is 63.0 Å². The minimum absolute atomic E-state index is 0.0656. The van der Waals surface area contributed by atoms with E-state index in [1.54, 1.807) is 4.31 Å². The van der Waals surface area contributed by atoms with Gasteiger partial charge in [0.1, 0.15) is 5.25 Å². The van der Waals surface area contributed by atoms with Crippen molar-refractivity contribution in [3.8, 4) is 0 Å². The minimum atomic E-state index is -3.37. The molecule has 10 heteroatoms. The molecule has 2 fully saturated rings. The average molecular weight is 422 g/mol. The van der Waals surface area contributed by atoms with E-state index in [1.165, 1.54) is 0 Å². The summed E-state index contributed by atoms with van der Waals surface area (Å²) in [6.07, 6.45) is 1.44. The van der Waals surface area contributed by atoms with Gasteiger partial charge in [0.25, 0.3) is 0 Å². The van der Waals surface area contributed by atoms with Crippen LogP contribution < -0.4 is 10.9 Å². The summed E-state index contributed by atoms with van der Waals surface area (Å²) in [7, 11) is -3.37. The highest BCUT2D eigenvalue weighted by atomic mass is 32.2. The predicted molar refractivity (Wildman–Crippen MR) is 111 cm³/mol. The monoisotopic (exact) mass is 421 g/mol. The lowest BCUT2D eigenvalue weighted by Crippen LogP contribution is -2.49. The zero-order valence-electron chi connectivity index (χ0n) is 17.8. The number of sulfonamides is 1. The first-order chi connectivity index (χ1) is 13.6. The summed E-state index contributed by atoms with van der Waals surface area (Å²) < 4.78 is 29.8. The maximum Gasteiger partial charge on any atom is 0.220 e. The van der Waals surface area contributed by atoms with Crippen LogP contribution in [0.25, 0.3) is 5.65 Å². The third-order valence-corrected chi connectivity index (χ3v) is 8.69. The molecule has 0 aromatic carbocycles. The van der Waals surface area contributed by atoms with Gasteiger partial charge in [-0.15, -0.1) is 10.2 Å². The van der Waals surface area contributed by atoms with Crippen molar-refractivity contribution in [3.63, 3.8) is 0 Å². The summed E-state index contributed by atoms with van der Waals surface area (Å²) in [5.41, 5.74) is 7.74. The molecule has 0 spiro atoms. The van der Waals surface area contributed by atoms with Crippen molar-refractivity contribution in [3.05, 3.63) is 23.7 Å². The first-order valence-corrected chi connectivity index (χ1v) is 11.8. The number of hydrazine groups is 1. The predicted octanol–water partition coefficient (Wildman–Crippen LogP) is 1.18. The molecule has 2 N–H and O–H groups in total. The molecule has 0 amide bonds. The van der Waals surface area contributed by atoms with Gasteiger partial charge in [-0.3, -0.25) is 10.9 Å². The van der Waals surface area contributed by atoms with E-state index in [9.17, 15) is 8.42 Å². The molecule has 4 rings (SSSR count). The second-order valence-electron chi connectivity index (χ2n) is 9.35. The summed E-state index contributed by atoms with van der Waals surface area (Å²) in [6.45, 7) is 11.2. The molecule has 2 aromatic heterocycles. The number of aromatic nitrogens is 4. The third kappa shape index (κ3) is 3.67. The fraction of sp³-hybridized carbons (Fsp3) is 0.737. The maximum atomic E-state index is 13.2. The minimum Gasteiger partial charge on any atom is -0.253 e. The number of hydrogen-bond donors (Lipinski definition) is 2. The molecular formula is C19H31N7O2S. The molecule has 4 heterocycles. The van der Waals surface area contributed by atoms with E-state index in [2.05, 4.69) is 41.8 Å². The Kier molecular flexibility index (Phi) is 5.17. The molecule has 2 saturated heterocycles. The van der Waals surface area contributed by atoms with Crippen LogP contribution in [0, 0.1) is 0 Å². The van der Waals surface area contributed by atoms with Crippen molar-refractivity contribution >= 4 is 15.7 Å². The number of fused-ring (bicyclic) bond motifs is 1. The van der Waals surface area contributed by atoms with Gasteiger partial charge in [0.2, 0.25) is 10.0 Å². The first kappa shape index (κ1) is 20.6. The zero-order valence-corrected chi connectivity index (χ0v) is 18.6. The Labute approximate surface area is 172 Å². The summed E-state index contributed by atoms with van der Waals surface area (Å²) in [6, 6.07) is 3.71. The molecule has 0 radical (unpaired) electrons. The number of nitrogens with one attached hydrogen (secondary N) is 2. The largest absolute Gasteiger partial charge is 0.253 e. The van der Waals surface area contributed by atoms with E-state index in [1.807, 2.05) is 30.5 Å². The van der Waals surface area contributed by atoms with Crippen molar-refractivity contribution in [2.24, 2.45) is 0 Å². The van der Waals surface area contributed by atoms with E-state index in [0.29, 0.717) is 13.1 Å². The SMILES string of the molecule is CC1NNC(C)C1S(=O)(=O)N1CCC(c2nnc3ccc(C(C)(C)C)nn23)CC1. The molecule has 2 atom stereocenters. The Bertz CT molecular complexity index is 980. The van der Waals surface area contributed by atoms with Crippen LogP contribution in [0.3, 0.4) is 0 Å². The smallest absolute Gasteiger partial charge is 0.220 e. The molecular weight excluding hydrogens is 390 g/mol. The van der Waals surface area contributed by atoms with E-state index in [-0.39, 0.29) is 23.4 Å². The summed E-state index contributed by atoms with van der Waals surface area (Å²) in [5.74, 6) is 0.975. The standard InChI is InChI=1S/C19H31N7O2S/c1-12-17(13(2)21-20-12)29(27,28)25-10-8-14(9-11-25)18-23-22-16-7-6-15(19(3,4)5)24-26(16)18/h6-7,12-14,17,20-21H,8-11H2,1-5H3. The molecule has 0 bridgehead atoms. The molecule has 0 aliphatic carbocycles. The Morgan fingerprint density at radius 1 is 1.03 bits per heavy atom. The summed E-state index contributed by atoms with van der Waals surface area (Å²) in [5, 5.41) is 13.0. The van der Waals surface area contributed by atoms with Crippen molar-refractivity contribution in [2.45, 2.75) is 76.1 Å². The van der Waals surface area contributed by atoms with Crippen LogP contribution in [0.4, 0.5) is 0 Å². The summed E-state index contributed by atoms with van der Waals surface area (Å²) >= 11 is 0. The lowest BCUT2D eigenvalue weighted by atomic mass is 9.92. The average Bonchev–Trinajstić information content (AvgIpc) is 3.23. The van der Waals surface area contributed by atoms with Crippen molar-refractivity contribution < 1.29 is 8.42 Å². The molecule has 2 unspecified atom stereocenters. The number of hydrogen-bond acceptors (Lipinski definition) is 7. The van der Waals surface area contributed by atoms with Crippen LogP contribution in [0.5, 0.6) is 0 Å². The fourth-order valence-electron chi connectivity index (χ4n) is 4.38. The Balaban J connectivity index is 1.53. The van der Waals surface area contributed by atoms with Gasteiger partial charge in [0.05, 0.1) is 5.69 Å². The maximum absolute atomic E-state index is 13.2. The van der Waals surface area contributed by atoms with E-state index in [0.717, 1.165) is 30.0 Å². The summed E-state index contributed by atoms with van der Waals surface area (Å²) in [4.78, 5) is 0. The van der Waals surface area contributed by atoms with Gasteiger partial charge in [-0.25, -0.2) is 12.7 Å². The molecule has 2 aliphatic rings. The molecule has 2 aromatic rings. The van der Waals surface area contributed by atoms with Crippen LogP contribution >= 0.6 is 0 Å². The van der Waals surface area contributed by atoms with Crippen molar-refractivity contribution in [2.75, 3.05) is 13.1 Å². The molecule has 9 nitrogen and oxygen atoms in total. The third-order valence-electron chi connectivity index (χ3n) is 6.10. The molecule has 2 aliphatic heterocycles. The Hall–Kier alpha value is -1.62. The van der Waals surface area contributed by atoms with Gasteiger partial charge in [0, 0.05) is 36.5 Å².